The number of halogens is 1. The Morgan fingerprint density at radius 1 is 1.36 bits per heavy atom. The van der Waals surface area contributed by atoms with Crippen molar-refractivity contribution in [3.8, 4) is 0 Å². The zero-order valence-electron chi connectivity index (χ0n) is 14.8. The van der Waals surface area contributed by atoms with Crippen molar-refractivity contribution >= 4 is 44.2 Å². The van der Waals surface area contributed by atoms with Crippen LogP contribution in [0.5, 0.6) is 0 Å². The number of anilines is 1. The highest BCUT2D eigenvalue weighted by Crippen LogP contribution is 2.28. The summed E-state index contributed by atoms with van der Waals surface area (Å²) < 4.78 is 2.95. The molecule has 2 heterocycles. The molecule has 3 rings (SSSR count). The van der Waals surface area contributed by atoms with Crippen molar-refractivity contribution in [1.29, 1.82) is 0 Å². The molecule has 25 heavy (non-hydrogen) atoms. The summed E-state index contributed by atoms with van der Waals surface area (Å²) in [5.74, 6) is 0.426. The van der Waals surface area contributed by atoms with Crippen molar-refractivity contribution in [2.45, 2.75) is 40.7 Å². The zero-order chi connectivity index (χ0) is 18.1. The van der Waals surface area contributed by atoms with Crippen LogP contribution in [0.25, 0.3) is 10.2 Å². The number of fused-ring (bicyclic) bond motifs is 1. The van der Waals surface area contributed by atoms with Crippen LogP contribution in [0.1, 0.15) is 30.8 Å². The molecule has 0 radical (unpaired) electrons. The first-order valence-electron chi connectivity index (χ1n) is 8.22. The maximum Gasteiger partial charge on any atom is 0.230 e. The van der Waals surface area contributed by atoms with E-state index in [-0.39, 0.29) is 5.91 Å². The Bertz CT molecular complexity index is 929. The summed E-state index contributed by atoms with van der Waals surface area (Å²) in [4.78, 5) is 16.9. The fraction of sp³-hybridized carbons (Fsp3) is 0.389. The van der Waals surface area contributed by atoms with Crippen molar-refractivity contribution in [3.05, 3.63) is 40.2 Å². The molecular weight excluding hydrogens is 356 g/mol. The lowest BCUT2D eigenvalue weighted by atomic mass is 10.1. The van der Waals surface area contributed by atoms with E-state index in [0.717, 1.165) is 33.7 Å². The van der Waals surface area contributed by atoms with E-state index in [1.165, 1.54) is 11.3 Å². The Balaban J connectivity index is 1.74. The number of nitrogens with zero attached hydrogens (tertiary/aromatic N) is 3. The molecule has 1 aromatic carbocycles. The Morgan fingerprint density at radius 3 is 2.84 bits per heavy atom. The standard InChI is InChI=1S/C18H21ClN4OS/c1-10(2)9-23-12(4)14(11(3)22-23)8-17(24)21-18-20-15-6-5-13(19)7-16(15)25-18/h5-7,10H,8-9H2,1-4H3,(H,20,21,24). The first-order chi connectivity index (χ1) is 11.8. The molecule has 0 saturated carbocycles. The monoisotopic (exact) mass is 376 g/mol. The van der Waals surface area contributed by atoms with Gasteiger partial charge in [-0.25, -0.2) is 4.98 Å². The number of aryl methyl sites for hydroxylation is 1. The molecule has 1 N–H and O–H groups in total. The molecule has 0 atom stereocenters. The average molecular weight is 377 g/mol. The van der Waals surface area contributed by atoms with Gasteiger partial charge in [0.2, 0.25) is 5.91 Å². The second-order valence-corrected chi connectivity index (χ2v) is 8.05. The molecule has 5 nitrogen and oxygen atoms in total. The van der Waals surface area contributed by atoms with Gasteiger partial charge in [0.05, 0.1) is 22.3 Å². The number of hydrogen-bond donors (Lipinski definition) is 1. The Labute approximate surface area is 156 Å². The van der Waals surface area contributed by atoms with E-state index in [4.69, 9.17) is 11.6 Å². The highest BCUT2D eigenvalue weighted by molar-refractivity contribution is 7.22. The second-order valence-electron chi connectivity index (χ2n) is 6.58. The third-order valence-corrected chi connectivity index (χ3v) is 5.17. The second kappa shape index (κ2) is 7.14. The quantitative estimate of drug-likeness (QED) is 0.707. The fourth-order valence-electron chi connectivity index (χ4n) is 2.79. The van der Waals surface area contributed by atoms with Crippen LogP contribution in [0.4, 0.5) is 5.13 Å². The van der Waals surface area contributed by atoms with Gasteiger partial charge < -0.3 is 5.32 Å². The van der Waals surface area contributed by atoms with E-state index < -0.39 is 0 Å². The summed E-state index contributed by atoms with van der Waals surface area (Å²) in [6.07, 6.45) is 0.298. The Hall–Kier alpha value is -1.92. The lowest BCUT2D eigenvalue weighted by Crippen LogP contribution is -2.15. The van der Waals surface area contributed by atoms with E-state index in [2.05, 4.69) is 29.2 Å². The first-order valence-corrected chi connectivity index (χ1v) is 9.41. The highest BCUT2D eigenvalue weighted by atomic mass is 35.5. The predicted molar refractivity (Wildman–Crippen MR) is 104 cm³/mol. The van der Waals surface area contributed by atoms with Gasteiger partial charge in [-0.3, -0.25) is 9.48 Å². The van der Waals surface area contributed by atoms with Gasteiger partial charge in [0.1, 0.15) is 0 Å². The maximum absolute atomic E-state index is 12.5. The number of rotatable bonds is 5. The Kier molecular flexibility index (Phi) is 5.11. The summed E-state index contributed by atoms with van der Waals surface area (Å²) >= 11 is 7.42. The molecule has 1 amide bonds. The summed E-state index contributed by atoms with van der Waals surface area (Å²) in [7, 11) is 0. The lowest BCUT2D eigenvalue weighted by Gasteiger charge is -2.08. The number of carbonyl (C=O) groups excluding carboxylic acids is 1. The Morgan fingerprint density at radius 2 is 2.12 bits per heavy atom. The fourth-order valence-corrected chi connectivity index (χ4v) is 3.95. The molecule has 0 aliphatic rings. The number of nitrogens with one attached hydrogen (secondary N) is 1. The molecule has 0 fully saturated rings. The maximum atomic E-state index is 12.5. The summed E-state index contributed by atoms with van der Waals surface area (Å²) in [5.41, 5.74) is 3.78. The molecule has 0 aliphatic carbocycles. The number of carbonyl (C=O) groups is 1. The summed E-state index contributed by atoms with van der Waals surface area (Å²) in [6.45, 7) is 9.13. The first kappa shape index (κ1) is 17.9. The van der Waals surface area contributed by atoms with Crippen molar-refractivity contribution in [2.75, 3.05) is 5.32 Å². The van der Waals surface area contributed by atoms with Crippen LogP contribution in [0, 0.1) is 19.8 Å². The highest BCUT2D eigenvalue weighted by Gasteiger charge is 2.16. The third kappa shape index (κ3) is 4.02. The van der Waals surface area contributed by atoms with Crippen molar-refractivity contribution in [1.82, 2.24) is 14.8 Å². The van der Waals surface area contributed by atoms with Gasteiger partial charge in [-0.15, -0.1) is 0 Å². The molecule has 0 bridgehead atoms. The van der Waals surface area contributed by atoms with Gasteiger partial charge in [0.25, 0.3) is 0 Å². The van der Waals surface area contributed by atoms with Crippen LogP contribution >= 0.6 is 22.9 Å². The van der Waals surface area contributed by atoms with Crippen LogP contribution in [0.15, 0.2) is 18.2 Å². The molecular formula is C18H21ClN4OS. The van der Waals surface area contributed by atoms with Gasteiger partial charge in [0, 0.05) is 22.8 Å². The lowest BCUT2D eigenvalue weighted by molar-refractivity contribution is -0.115. The van der Waals surface area contributed by atoms with Crippen molar-refractivity contribution in [3.63, 3.8) is 0 Å². The van der Waals surface area contributed by atoms with Crippen molar-refractivity contribution in [2.24, 2.45) is 5.92 Å². The van der Waals surface area contributed by atoms with Gasteiger partial charge in [-0.2, -0.15) is 5.10 Å². The number of thiazole rings is 1. The van der Waals surface area contributed by atoms with E-state index in [1.54, 1.807) is 6.07 Å². The van der Waals surface area contributed by atoms with E-state index in [0.29, 0.717) is 22.5 Å². The van der Waals surface area contributed by atoms with Crippen LogP contribution in [0.2, 0.25) is 5.02 Å². The molecule has 0 unspecified atom stereocenters. The molecule has 0 spiro atoms. The van der Waals surface area contributed by atoms with E-state index in [1.807, 2.05) is 30.7 Å². The van der Waals surface area contributed by atoms with Crippen LogP contribution in [0.3, 0.4) is 0 Å². The topological polar surface area (TPSA) is 59.8 Å². The average Bonchev–Trinajstić information content (AvgIpc) is 3.01. The third-order valence-electron chi connectivity index (χ3n) is 4.00. The number of amides is 1. The SMILES string of the molecule is Cc1nn(CC(C)C)c(C)c1CC(=O)Nc1nc2ccc(Cl)cc2s1. The van der Waals surface area contributed by atoms with Crippen LogP contribution < -0.4 is 5.32 Å². The molecule has 3 aromatic rings. The number of hydrogen-bond acceptors (Lipinski definition) is 4. The molecule has 0 saturated heterocycles. The minimum atomic E-state index is -0.0829. The summed E-state index contributed by atoms with van der Waals surface area (Å²) in [5, 5.41) is 8.71. The normalized spacial score (nSPS) is 11.4. The minimum Gasteiger partial charge on any atom is -0.302 e. The van der Waals surface area contributed by atoms with Gasteiger partial charge >= 0.3 is 0 Å². The molecule has 132 valence electrons. The number of benzene rings is 1. The minimum absolute atomic E-state index is 0.0829. The molecule has 0 aliphatic heterocycles. The smallest absolute Gasteiger partial charge is 0.230 e. The van der Waals surface area contributed by atoms with Crippen molar-refractivity contribution < 1.29 is 4.79 Å². The van der Waals surface area contributed by atoms with Gasteiger partial charge in [-0.1, -0.05) is 36.8 Å². The van der Waals surface area contributed by atoms with Crippen LogP contribution in [-0.2, 0) is 17.8 Å². The zero-order valence-corrected chi connectivity index (χ0v) is 16.3. The largest absolute Gasteiger partial charge is 0.302 e. The van der Waals surface area contributed by atoms with E-state index in [9.17, 15) is 4.79 Å². The number of aromatic nitrogens is 3. The summed E-state index contributed by atoms with van der Waals surface area (Å²) in [6, 6.07) is 5.51. The molecule has 2 aromatic heterocycles. The van der Waals surface area contributed by atoms with Gasteiger partial charge in [-0.05, 0) is 38.0 Å². The molecule has 7 heteroatoms. The van der Waals surface area contributed by atoms with E-state index >= 15 is 0 Å². The van der Waals surface area contributed by atoms with Gasteiger partial charge in [0.15, 0.2) is 5.13 Å². The van der Waals surface area contributed by atoms with Crippen LogP contribution in [-0.4, -0.2) is 20.7 Å². The predicted octanol–water partition coefficient (Wildman–Crippen LogP) is 4.60.